The maximum Gasteiger partial charge on any atom is 0.135 e. The van der Waals surface area contributed by atoms with Crippen LogP contribution in [0.3, 0.4) is 0 Å². The Hall–Kier alpha value is -5.28. The van der Waals surface area contributed by atoms with Crippen molar-refractivity contribution in [2.75, 3.05) is 0 Å². The molecular weight excluding hydrogens is 601 g/mol. The van der Waals surface area contributed by atoms with Gasteiger partial charge < -0.3 is 13.9 Å². The second-order valence-electron chi connectivity index (χ2n) is 13.7. The second-order valence-corrected chi connectivity index (χ2v) is 13.7. The Balaban J connectivity index is 1.30. The maximum atomic E-state index is 6.59. The number of benzene rings is 6. The predicted molar refractivity (Wildman–Crippen MR) is 198 cm³/mol. The summed E-state index contributed by atoms with van der Waals surface area (Å²) < 4.78 is 19.7. The quantitative estimate of drug-likeness (QED) is 0.166. The fraction of sp³-hybridized carbons (Fsp3) is 0.217. The van der Waals surface area contributed by atoms with Gasteiger partial charge in [-0.25, -0.2) is 0 Å². The molecule has 49 heavy (non-hydrogen) atoms. The number of fused-ring (bicyclic) bond motifs is 7. The Morgan fingerprint density at radius 2 is 0.776 bits per heavy atom. The van der Waals surface area contributed by atoms with Gasteiger partial charge in [0.25, 0.3) is 0 Å². The fourth-order valence-electron chi connectivity index (χ4n) is 8.80. The molecule has 0 bridgehead atoms. The van der Waals surface area contributed by atoms with Crippen molar-refractivity contribution >= 4 is 21.9 Å². The summed E-state index contributed by atoms with van der Waals surface area (Å²) in [5, 5.41) is 2.29. The highest BCUT2D eigenvalue weighted by molar-refractivity contribution is 6.05. The molecule has 3 heterocycles. The second kappa shape index (κ2) is 11.7. The third kappa shape index (κ3) is 4.41. The number of para-hydroxylation sites is 4. The lowest BCUT2D eigenvalue weighted by Crippen LogP contribution is -2.33. The normalized spacial score (nSPS) is 15.1. The lowest BCUT2D eigenvalue weighted by atomic mass is 9.64. The van der Waals surface area contributed by atoms with Crippen LogP contribution >= 0.6 is 0 Å². The maximum absolute atomic E-state index is 6.59. The molecule has 9 rings (SSSR count). The summed E-state index contributed by atoms with van der Waals surface area (Å²) in [6, 6.07) is 48.1. The van der Waals surface area contributed by atoms with Gasteiger partial charge in [-0.05, 0) is 72.5 Å². The third-order valence-corrected chi connectivity index (χ3v) is 11.1. The molecule has 0 unspecified atom stereocenters. The molecule has 7 aromatic rings. The van der Waals surface area contributed by atoms with Crippen LogP contribution in [0.1, 0.15) is 85.8 Å². The third-order valence-electron chi connectivity index (χ3n) is 11.1. The van der Waals surface area contributed by atoms with E-state index in [0.717, 1.165) is 83.5 Å². The Bertz CT molecular complexity index is 2090. The molecule has 0 atom stereocenters. The van der Waals surface area contributed by atoms with Crippen LogP contribution in [0.25, 0.3) is 21.9 Å². The summed E-state index contributed by atoms with van der Waals surface area (Å²) in [4.78, 5) is 0. The molecule has 242 valence electrons. The Labute approximate surface area is 288 Å². The number of rotatable bonds is 8. The average Bonchev–Trinajstić information content (AvgIpc) is 3.52. The van der Waals surface area contributed by atoms with Gasteiger partial charge in [-0.3, -0.25) is 0 Å². The summed E-state index contributed by atoms with van der Waals surface area (Å²) >= 11 is 0. The molecule has 0 fully saturated rings. The minimum absolute atomic E-state index is 0.349. The van der Waals surface area contributed by atoms with E-state index in [4.69, 9.17) is 13.9 Å². The van der Waals surface area contributed by atoms with Gasteiger partial charge in [-0.15, -0.1) is 0 Å². The molecule has 0 spiro atoms. The highest BCUT2D eigenvalue weighted by Crippen LogP contribution is 2.56. The van der Waals surface area contributed by atoms with E-state index in [9.17, 15) is 0 Å². The molecule has 0 saturated carbocycles. The van der Waals surface area contributed by atoms with Gasteiger partial charge in [-0.1, -0.05) is 124 Å². The Morgan fingerprint density at radius 3 is 1.12 bits per heavy atom. The molecule has 0 aliphatic carbocycles. The number of hydrogen-bond donors (Lipinski definition) is 0. The van der Waals surface area contributed by atoms with Gasteiger partial charge >= 0.3 is 0 Å². The van der Waals surface area contributed by atoms with Crippen molar-refractivity contribution in [3.63, 3.8) is 0 Å². The van der Waals surface area contributed by atoms with Crippen LogP contribution in [-0.2, 0) is 10.8 Å². The zero-order valence-electron chi connectivity index (χ0n) is 28.2. The first kappa shape index (κ1) is 29.8. The zero-order chi connectivity index (χ0) is 33.0. The van der Waals surface area contributed by atoms with E-state index < -0.39 is 0 Å². The van der Waals surface area contributed by atoms with Gasteiger partial charge in [0.05, 0.1) is 10.8 Å². The summed E-state index contributed by atoms with van der Waals surface area (Å²) in [6.45, 7) is 4.56. The monoisotopic (exact) mass is 640 g/mol. The number of unbranched alkanes of at least 4 members (excludes halogenated alkanes) is 2. The van der Waals surface area contributed by atoms with Gasteiger partial charge in [0.1, 0.15) is 34.2 Å². The van der Waals surface area contributed by atoms with Crippen molar-refractivity contribution in [3.8, 4) is 23.0 Å². The summed E-state index contributed by atoms with van der Waals surface area (Å²) in [7, 11) is 0. The molecular formula is C46H40O3. The molecule has 2 aliphatic rings. The summed E-state index contributed by atoms with van der Waals surface area (Å²) in [6.07, 6.45) is 6.39. The van der Waals surface area contributed by atoms with E-state index in [0.29, 0.717) is 0 Å². The van der Waals surface area contributed by atoms with Crippen LogP contribution in [0.4, 0.5) is 0 Å². The minimum atomic E-state index is -0.349. The molecule has 1 aromatic heterocycles. The number of hydrogen-bond acceptors (Lipinski definition) is 3. The zero-order valence-corrected chi connectivity index (χ0v) is 28.2. The highest BCUT2D eigenvalue weighted by Gasteiger charge is 2.45. The van der Waals surface area contributed by atoms with Gasteiger partial charge in [-0.2, -0.15) is 0 Å². The average molecular weight is 641 g/mol. The van der Waals surface area contributed by atoms with Gasteiger partial charge in [0.2, 0.25) is 0 Å². The van der Waals surface area contributed by atoms with Gasteiger partial charge in [0, 0.05) is 33.0 Å². The van der Waals surface area contributed by atoms with Crippen LogP contribution in [0.2, 0.25) is 0 Å². The first-order valence-electron chi connectivity index (χ1n) is 17.9. The lowest BCUT2D eigenvalue weighted by Gasteiger charge is -2.41. The van der Waals surface area contributed by atoms with Crippen LogP contribution in [0, 0.1) is 0 Å². The van der Waals surface area contributed by atoms with Crippen molar-refractivity contribution in [1.82, 2.24) is 0 Å². The Kier molecular flexibility index (Phi) is 7.12. The lowest BCUT2D eigenvalue weighted by molar-refractivity contribution is 0.400. The van der Waals surface area contributed by atoms with Crippen LogP contribution in [0.5, 0.6) is 23.0 Å². The van der Waals surface area contributed by atoms with Crippen molar-refractivity contribution in [1.29, 1.82) is 0 Å². The smallest absolute Gasteiger partial charge is 0.135 e. The first-order chi connectivity index (χ1) is 24.2. The SMILES string of the molecule is CCCCC1(c2ccc3oc4ccc(C5(CCCC)c6ccccc6Oc6ccccc65)cc4c3c2)c2ccccc2Oc2ccccc21. The van der Waals surface area contributed by atoms with E-state index >= 15 is 0 Å². The number of furan rings is 1. The predicted octanol–water partition coefficient (Wildman–Crippen LogP) is 12.8. The van der Waals surface area contributed by atoms with Crippen molar-refractivity contribution < 1.29 is 13.9 Å². The molecule has 0 radical (unpaired) electrons. The number of ether oxygens (including phenoxy) is 2. The fourth-order valence-corrected chi connectivity index (χ4v) is 8.80. The summed E-state index contributed by atoms with van der Waals surface area (Å²) in [5.74, 6) is 3.75. The molecule has 0 N–H and O–H groups in total. The molecule has 3 heteroatoms. The highest BCUT2D eigenvalue weighted by atomic mass is 16.5. The van der Waals surface area contributed by atoms with E-state index in [1.54, 1.807) is 0 Å². The van der Waals surface area contributed by atoms with Crippen molar-refractivity contribution in [3.05, 3.63) is 167 Å². The van der Waals surface area contributed by atoms with E-state index in [-0.39, 0.29) is 10.8 Å². The Morgan fingerprint density at radius 1 is 0.429 bits per heavy atom. The minimum Gasteiger partial charge on any atom is -0.457 e. The first-order valence-corrected chi connectivity index (χ1v) is 17.9. The van der Waals surface area contributed by atoms with Crippen molar-refractivity contribution in [2.24, 2.45) is 0 Å². The molecule has 3 nitrogen and oxygen atoms in total. The van der Waals surface area contributed by atoms with E-state index in [1.165, 1.54) is 33.4 Å². The molecule has 2 aliphatic heterocycles. The van der Waals surface area contributed by atoms with Crippen LogP contribution in [0.15, 0.2) is 138 Å². The van der Waals surface area contributed by atoms with E-state index in [1.807, 2.05) is 0 Å². The molecule has 0 saturated heterocycles. The van der Waals surface area contributed by atoms with E-state index in [2.05, 4.69) is 147 Å². The topological polar surface area (TPSA) is 31.6 Å². The summed E-state index contributed by atoms with van der Waals surface area (Å²) in [5.41, 5.74) is 8.56. The van der Waals surface area contributed by atoms with Gasteiger partial charge in [0.15, 0.2) is 0 Å². The molecule has 6 aromatic carbocycles. The molecule has 0 amide bonds. The van der Waals surface area contributed by atoms with Crippen molar-refractivity contribution in [2.45, 2.75) is 63.2 Å². The largest absolute Gasteiger partial charge is 0.457 e. The van der Waals surface area contributed by atoms with Crippen LogP contribution in [-0.4, -0.2) is 0 Å². The van der Waals surface area contributed by atoms with Crippen LogP contribution < -0.4 is 9.47 Å². The standard InChI is InChI=1S/C46H40O3/c1-3-5-27-45(35-15-7-11-19-41(35)48-42-20-12-8-16-36(42)45)31-23-25-39-33(29-31)34-30-32(24-26-40(34)47-39)46(28-6-4-2)37-17-9-13-21-43(37)49-44-22-14-10-18-38(44)46/h7-26,29-30H,3-6,27-28H2,1-2H3.